The second-order valence-electron chi connectivity index (χ2n) is 12.3. The molecule has 53 heavy (non-hydrogen) atoms. The van der Waals surface area contributed by atoms with Crippen LogP contribution in [0.2, 0.25) is 10.0 Å². The molecular formula is C40H44Cl2N4O7. The van der Waals surface area contributed by atoms with E-state index in [1.807, 2.05) is 48.6 Å². The minimum Gasteiger partial charge on any atom is -0.481 e. The Labute approximate surface area is 319 Å². The van der Waals surface area contributed by atoms with Crippen LogP contribution in [0.25, 0.3) is 35.4 Å². The van der Waals surface area contributed by atoms with Gasteiger partial charge in [0.05, 0.1) is 54.3 Å². The average molecular weight is 764 g/mol. The Morgan fingerprint density at radius 3 is 1.64 bits per heavy atom. The SMILES string of the molecule is COc1nc(/C=C/c2cccc(-c3cccc(/C=C/c4nc(OC)c(CNCC(O)CC(=O)O)cc4Cl)c3C)c2C)c(Cl)cc1CNCC(O)CC=O. The van der Waals surface area contributed by atoms with E-state index in [0.717, 1.165) is 38.9 Å². The van der Waals surface area contributed by atoms with Crippen LogP contribution in [0.15, 0.2) is 48.5 Å². The van der Waals surface area contributed by atoms with Crippen molar-refractivity contribution in [3.63, 3.8) is 0 Å². The zero-order chi connectivity index (χ0) is 38.5. The molecule has 0 saturated heterocycles. The maximum atomic E-state index is 10.8. The third-order valence-corrected chi connectivity index (χ3v) is 9.13. The molecule has 0 spiro atoms. The highest BCUT2D eigenvalue weighted by molar-refractivity contribution is 6.32. The van der Waals surface area contributed by atoms with Crippen molar-refractivity contribution >= 4 is 59.8 Å². The van der Waals surface area contributed by atoms with Crippen LogP contribution in [0.1, 0.15) is 57.6 Å². The molecule has 5 N–H and O–H groups in total. The van der Waals surface area contributed by atoms with Crippen LogP contribution in [-0.4, -0.2) is 77.1 Å². The molecule has 2 atom stereocenters. The van der Waals surface area contributed by atoms with Crippen molar-refractivity contribution in [2.75, 3.05) is 27.3 Å². The van der Waals surface area contributed by atoms with Gasteiger partial charge >= 0.3 is 5.97 Å². The Hall–Kier alpha value is -4.62. The molecule has 0 aliphatic heterocycles. The standard InChI is InChI=1S/C40H44Cl2N4O7/c1-24-26(11-13-36-34(41)17-28(39(45-36)52-3)20-43-22-30(48)15-16-47)7-5-9-32(24)33-10-6-8-27(25(33)2)12-14-37-35(42)18-29(40(46-37)53-4)21-44-23-31(49)19-38(50)51/h5-14,16-18,30-31,43-44,48-49H,15,19-23H2,1-4H3,(H,50,51)/b13-11+,14-12+. The molecule has 0 aliphatic rings. The number of aromatic nitrogens is 2. The fourth-order valence-corrected chi connectivity index (χ4v) is 6.17. The van der Waals surface area contributed by atoms with E-state index in [-0.39, 0.29) is 32.5 Å². The van der Waals surface area contributed by atoms with Gasteiger partial charge in [0.1, 0.15) is 6.29 Å². The summed E-state index contributed by atoms with van der Waals surface area (Å²) in [5, 5.41) is 35.5. The summed E-state index contributed by atoms with van der Waals surface area (Å²) in [6.07, 6.45) is 6.21. The summed E-state index contributed by atoms with van der Waals surface area (Å²) in [4.78, 5) is 30.6. The molecule has 4 aromatic rings. The first-order chi connectivity index (χ1) is 25.4. The lowest BCUT2D eigenvalue weighted by molar-refractivity contribution is -0.139. The number of ether oxygens (including phenoxy) is 2. The number of halogens is 2. The number of rotatable bonds is 19. The second-order valence-corrected chi connectivity index (χ2v) is 13.1. The molecule has 2 aromatic heterocycles. The van der Waals surface area contributed by atoms with E-state index in [0.29, 0.717) is 51.6 Å². The smallest absolute Gasteiger partial charge is 0.306 e. The molecule has 2 aromatic carbocycles. The van der Waals surface area contributed by atoms with Gasteiger partial charge in [0.25, 0.3) is 0 Å². The summed E-state index contributed by atoms with van der Waals surface area (Å²) in [5.74, 6) is -0.297. The number of hydrogen-bond donors (Lipinski definition) is 5. The number of aliphatic hydroxyl groups is 2. The van der Waals surface area contributed by atoms with Gasteiger partial charge in [-0.25, -0.2) is 9.97 Å². The van der Waals surface area contributed by atoms with Crippen LogP contribution in [0, 0.1) is 13.8 Å². The zero-order valence-electron chi connectivity index (χ0n) is 30.0. The minimum atomic E-state index is -1.07. The molecule has 4 rings (SSSR count). The molecule has 0 radical (unpaired) electrons. The number of carbonyl (C=O) groups excluding carboxylic acids is 1. The molecule has 2 unspecified atom stereocenters. The summed E-state index contributed by atoms with van der Waals surface area (Å²) in [7, 11) is 3.05. The van der Waals surface area contributed by atoms with Crippen molar-refractivity contribution in [3.05, 3.63) is 103 Å². The first kappa shape index (κ1) is 41.1. The average Bonchev–Trinajstić information content (AvgIpc) is 3.12. The van der Waals surface area contributed by atoms with Gasteiger partial charge in [-0.2, -0.15) is 0 Å². The maximum Gasteiger partial charge on any atom is 0.306 e. The van der Waals surface area contributed by atoms with Crippen LogP contribution in [-0.2, 0) is 22.7 Å². The lowest BCUT2D eigenvalue weighted by atomic mass is 9.91. The Bertz CT molecular complexity index is 1970. The number of aliphatic carboxylic acids is 1. The summed E-state index contributed by atoms with van der Waals surface area (Å²) in [5.41, 5.74) is 8.70. The highest BCUT2D eigenvalue weighted by Crippen LogP contribution is 2.33. The topological polar surface area (TPSA) is 163 Å². The molecule has 11 nitrogen and oxygen atoms in total. The van der Waals surface area contributed by atoms with Crippen molar-refractivity contribution in [2.45, 2.75) is 52.0 Å². The Morgan fingerprint density at radius 1 is 0.774 bits per heavy atom. The van der Waals surface area contributed by atoms with Gasteiger partial charge in [-0.1, -0.05) is 71.8 Å². The Balaban J connectivity index is 1.53. The Morgan fingerprint density at radius 2 is 1.23 bits per heavy atom. The summed E-state index contributed by atoms with van der Waals surface area (Å²) in [6.45, 7) is 5.11. The van der Waals surface area contributed by atoms with Gasteiger partial charge < -0.3 is 40.2 Å². The first-order valence-corrected chi connectivity index (χ1v) is 17.7. The fourth-order valence-electron chi connectivity index (χ4n) is 5.69. The number of carbonyl (C=O) groups is 2. The molecule has 0 bridgehead atoms. The van der Waals surface area contributed by atoms with Crippen LogP contribution in [0.3, 0.4) is 0 Å². The quantitative estimate of drug-likeness (QED) is 0.0673. The van der Waals surface area contributed by atoms with E-state index in [1.54, 1.807) is 12.1 Å². The number of aliphatic hydroxyl groups excluding tert-OH is 2. The van der Waals surface area contributed by atoms with Crippen molar-refractivity contribution < 1.29 is 34.4 Å². The van der Waals surface area contributed by atoms with E-state index in [2.05, 4.69) is 46.6 Å². The third kappa shape index (κ3) is 11.4. The summed E-state index contributed by atoms with van der Waals surface area (Å²) < 4.78 is 11.0. The minimum absolute atomic E-state index is 0.0584. The lowest BCUT2D eigenvalue weighted by Gasteiger charge is -2.14. The summed E-state index contributed by atoms with van der Waals surface area (Å²) in [6, 6.07) is 15.7. The molecule has 0 aliphatic carbocycles. The highest BCUT2D eigenvalue weighted by Gasteiger charge is 2.15. The van der Waals surface area contributed by atoms with Gasteiger partial charge in [-0.3, -0.25) is 4.79 Å². The predicted octanol–water partition coefficient (Wildman–Crippen LogP) is 6.39. The molecule has 0 saturated carbocycles. The van der Waals surface area contributed by atoms with Gasteiger partial charge in [0, 0.05) is 43.7 Å². The van der Waals surface area contributed by atoms with Crippen LogP contribution >= 0.6 is 23.2 Å². The number of nitrogens with one attached hydrogen (secondary N) is 2. The number of aldehydes is 1. The molecule has 13 heteroatoms. The number of hydrogen-bond acceptors (Lipinski definition) is 10. The second kappa shape index (κ2) is 20.0. The monoisotopic (exact) mass is 762 g/mol. The van der Waals surface area contributed by atoms with Gasteiger partial charge in [0.15, 0.2) is 0 Å². The molecular weight excluding hydrogens is 719 g/mol. The Kier molecular flexibility index (Phi) is 15.5. The van der Waals surface area contributed by atoms with Crippen LogP contribution < -0.4 is 20.1 Å². The highest BCUT2D eigenvalue weighted by atomic mass is 35.5. The number of benzene rings is 2. The van der Waals surface area contributed by atoms with Crippen LogP contribution in [0.5, 0.6) is 11.8 Å². The fraction of sp³-hybridized carbons (Fsp3) is 0.300. The van der Waals surface area contributed by atoms with Crippen molar-refractivity contribution in [2.24, 2.45) is 0 Å². The molecule has 0 amide bonds. The number of carboxylic acid groups (broad SMARTS) is 1. The van der Waals surface area contributed by atoms with Crippen molar-refractivity contribution in [1.29, 1.82) is 0 Å². The first-order valence-electron chi connectivity index (χ1n) is 16.9. The maximum absolute atomic E-state index is 10.8. The normalized spacial score (nSPS) is 12.7. The van der Waals surface area contributed by atoms with E-state index in [1.165, 1.54) is 14.2 Å². The largest absolute Gasteiger partial charge is 0.481 e. The van der Waals surface area contributed by atoms with Crippen molar-refractivity contribution in [1.82, 2.24) is 20.6 Å². The molecule has 280 valence electrons. The molecule has 2 heterocycles. The number of methoxy groups -OCH3 is 2. The van der Waals surface area contributed by atoms with Crippen LogP contribution in [0.4, 0.5) is 0 Å². The number of pyridine rings is 2. The lowest BCUT2D eigenvalue weighted by Crippen LogP contribution is -2.28. The van der Waals surface area contributed by atoms with Gasteiger partial charge in [0.2, 0.25) is 11.8 Å². The number of carboxylic acids is 1. The van der Waals surface area contributed by atoms with E-state index in [4.69, 9.17) is 37.8 Å². The predicted molar refractivity (Wildman–Crippen MR) is 209 cm³/mol. The van der Waals surface area contributed by atoms with Crippen molar-refractivity contribution in [3.8, 4) is 22.9 Å². The number of nitrogens with zero attached hydrogens (tertiary/aromatic N) is 2. The molecule has 0 fully saturated rings. The third-order valence-electron chi connectivity index (χ3n) is 8.52. The van der Waals surface area contributed by atoms with Gasteiger partial charge in [-0.05, 0) is 71.5 Å². The van der Waals surface area contributed by atoms with E-state index >= 15 is 0 Å². The van der Waals surface area contributed by atoms with E-state index < -0.39 is 18.2 Å². The van der Waals surface area contributed by atoms with E-state index in [9.17, 15) is 19.8 Å². The summed E-state index contributed by atoms with van der Waals surface area (Å²) >= 11 is 13.2. The zero-order valence-corrected chi connectivity index (χ0v) is 31.5. The van der Waals surface area contributed by atoms with Gasteiger partial charge in [-0.15, -0.1) is 0 Å².